The lowest BCUT2D eigenvalue weighted by Crippen LogP contribution is -2.37. The molecule has 0 aromatic carbocycles. The smallest absolute Gasteiger partial charge is 0.0970 e. The third-order valence-corrected chi connectivity index (χ3v) is 2.91. The van der Waals surface area contributed by atoms with E-state index < -0.39 is 0 Å². The van der Waals surface area contributed by atoms with Gasteiger partial charge in [0.15, 0.2) is 0 Å². The van der Waals surface area contributed by atoms with Gasteiger partial charge in [-0.15, -0.1) is 0 Å². The number of allylic oxidation sites excluding steroid dienone is 1. The van der Waals surface area contributed by atoms with Crippen LogP contribution in [0.2, 0.25) is 0 Å². The third kappa shape index (κ3) is 4.59. The summed E-state index contributed by atoms with van der Waals surface area (Å²) < 4.78 is 0. The van der Waals surface area contributed by atoms with E-state index in [9.17, 15) is 0 Å². The van der Waals surface area contributed by atoms with Gasteiger partial charge in [-0.25, -0.2) is 0 Å². The molecule has 1 aliphatic rings. The average Bonchev–Trinajstić information content (AvgIpc) is 2.14. The first-order chi connectivity index (χ1) is 7.24. The second-order valence-electron chi connectivity index (χ2n) is 4.73. The second kappa shape index (κ2) is 6.76. The highest BCUT2D eigenvalue weighted by Gasteiger charge is 2.11. The van der Waals surface area contributed by atoms with Crippen LogP contribution in [0.25, 0.3) is 0 Å². The van der Waals surface area contributed by atoms with Crippen LogP contribution >= 0.6 is 0 Å². The van der Waals surface area contributed by atoms with Crippen molar-refractivity contribution in [3.05, 3.63) is 11.9 Å². The van der Waals surface area contributed by atoms with Gasteiger partial charge in [0.05, 0.1) is 5.82 Å². The molecule has 1 N–H and O–H groups in total. The maximum absolute atomic E-state index is 3.53. The first-order valence-electron chi connectivity index (χ1n) is 6.42. The lowest BCUT2D eigenvalue weighted by molar-refractivity contribution is 0.281. The Morgan fingerprint density at radius 3 is 2.07 bits per heavy atom. The Balaban J connectivity index is 2.49. The van der Waals surface area contributed by atoms with Crippen LogP contribution in [-0.2, 0) is 0 Å². The fraction of sp³-hybridized carbons (Fsp3) is 0.846. The summed E-state index contributed by atoms with van der Waals surface area (Å²) in [6.07, 6.45) is 9.12. The Bertz CT molecular complexity index is 189. The molecule has 2 heteroatoms. The zero-order valence-electron chi connectivity index (χ0n) is 10.6. The number of hydrogen-bond acceptors (Lipinski definition) is 2. The number of nitrogens with zero attached hydrogens (tertiary/aromatic N) is 1. The van der Waals surface area contributed by atoms with Crippen molar-refractivity contribution in [1.82, 2.24) is 10.2 Å². The molecule has 0 bridgehead atoms. The largest absolute Gasteiger partial charge is 0.370 e. The SMILES string of the molecule is C/C=C(\NC(C)C)N1CCCCCCC1. The van der Waals surface area contributed by atoms with Gasteiger partial charge >= 0.3 is 0 Å². The molecule has 0 aliphatic carbocycles. The summed E-state index contributed by atoms with van der Waals surface area (Å²) >= 11 is 0. The van der Waals surface area contributed by atoms with Crippen LogP contribution < -0.4 is 5.32 Å². The minimum absolute atomic E-state index is 0.529. The predicted octanol–water partition coefficient (Wildman–Crippen LogP) is 3.11. The van der Waals surface area contributed by atoms with E-state index in [4.69, 9.17) is 0 Å². The van der Waals surface area contributed by atoms with Crippen LogP contribution in [0.4, 0.5) is 0 Å². The molecule has 0 radical (unpaired) electrons. The quantitative estimate of drug-likeness (QED) is 0.770. The third-order valence-electron chi connectivity index (χ3n) is 2.91. The first-order valence-corrected chi connectivity index (χ1v) is 6.42. The molecule has 0 spiro atoms. The summed E-state index contributed by atoms with van der Waals surface area (Å²) in [6, 6.07) is 0.529. The fourth-order valence-electron chi connectivity index (χ4n) is 2.14. The van der Waals surface area contributed by atoms with Gasteiger partial charge < -0.3 is 10.2 Å². The van der Waals surface area contributed by atoms with Crippen LogP contribution in [0, 0.1) is 0 Å². The Morgan fingerprint density at radius 2 is 1.60 bits per heavy atom. The van der Waals surface area contributed by atoms with Crippen molar-refractivity contribution in [3.63, 3.8) is 0 Å². The van der Waals surface area contributed by atoms with Gasteiger partial charge in [-0.05, 0) is 39.7 Å². The van der Waals surface area contributed by atoms with Crippen LogP contribution in [0.3, 0.4) is 0 Å². The minimum Gasteiger partial charge on any atom is -0.370 e. The molecule has 1 heterocycles. The maximum atomic E-state index is 3.53. The summed E-state index contributed by atoms with van der Waals surface area (Å²) in [5.41, 5.74) is 0. The Labute approximate surface area is 94.7 Å². The molecule has 0 amide bonds. The van der Waals surface area contributed by atoms with E-state index in [1.807, 2.05) is 0 Å². The maximum Gasteiger partial charge on any atom is 0.0970 e. The molecule has 1 saturated heterocycles. The number of hydrogen-bond donors (Lipinski definition) is 1. The summed E-state index contributed by atoms with van der Waals surface area (Å²) in [6.45, 7) is 8.98. The van der Waals surface area contributed by atoms with Crippen molar-refractivity contribution < 1.29 is 0 Å². The highest BCUT2D eigenvalue weighted by atomic mass is 15.2. The van der Waals surface area contributed by atoms with E-state index in [1.165, 1.54) is 51.0 Å². The Morgan fingerprint density at radius 1 is 1.07 bits per heavy atom. The summed E-state index contributed by atoms with van der Waals surface area (Å²) in [5, 5.41) is 3.53. The molecular formula is C13H26N2. The standard InChI is InChI=1S/C13H26N2/c1-4-13(14-12(2)3)15-10-8-6-5-7-9-11-15/h4,12,14H,5-11H2,1-3H3/b13-4+. The summed E-state index contributed by atoms with van der Waals surface area (Å²) in [7, 11) is 0. The molecule has 88 valence electrons. The van der Waals surface area contributed by atoms with Gasteiger partial charge in [0.2, 0.25) is 0 Å². The predicted molar refractivity (Wildman–Crippen MR) is 66.7 cm³/mol. The minimum atomic E-state index is 0.529. The van der Waals surface area contributed by atoms with Gasteiger partial charge in [0, 0.05) is 19.1 Å². The fourth-order valence-corrected chi connectivity index (χ4v) is 2.14. The Kier molecular flexibility index (Phi) is 5.59. The molecule has 0 unspecified atom stereocenters. The van der Waals surface area contributed by atoms with E-state index in [2.05, 4.69) is 37.1 Å². The lowest BCUT2D eigenvalue weighted by atomic mass is 10.1. The van der Waals surface area contributed by atoms with Crippen molar-refractivity contribution in [1.29, 1.82) is 0 Å². The molecule has 15 heavy (non-hydrogen) atoms. The van der Waals surface area contributed by atoms with Gasteiger partial charge in [0.1, 0.15) is 0 Å². The van der Waals surface area contributed by atoms with E-state index in [-0.39, 0.29) is 0 Å². The van der Waals surface area contributed by atoms with Crippen molar-refractivity contribution in [2.45, 2.75) is 58.9 Å². The number of rotatable bonds is 3. The van der Waals surface area contributed by atoms with Gasteiger partial charge in [-0.1, -0.05) is 19.3 Å². The van der Waals surface area contributed by atoms with Crippen molar-refractivity contribution in [2.75, 3.05) is 13.1 Å². The molecule has 1 rings (SSSR count). The van der Waals surface area contributed by atoms with E-state index in [0.717, 1.165) is 0 Å². The van der Waals surface area contributed by atoms with Crippen molar-refractivity contribution in [2.24, 2.45) is 0 Å². The second-order valence-corrected chi connectivity index (χ2v) is 4.73. The number of nitrogens with one attached hydrogen (secondary N) is 1. The van der Waals surface area contributed by atoms with Crippen molar-refractivity contribution >= 4 is 0 Å². The van der Waals surface area contributed by atoms with Gasteiger partial charge in [-0.3, -0.25) is 0 Å². The molecule has 0 aromatic rings. The highest BCUT2D eigenvalue weighted by Crippen LogP contribution is 2.13. The lowest BCUT2D eigenvalue weighted by Gasteiger charge is -2.31. The van der Waals surface area contributed by atoms with Gasteiger partial charge in [-0.2, -0.15) is 0 Å². The van der Waals surface area contributed by atoms with Crippen LogP contribution in [0.5, 0.6) is 0 Å². The van der Waals surface area contributed by atoms with E-state index >= 15 is 0 Å². The molecular weight excluding hydrogens is 184 g/mol. The van der Waals surface area contributed by atoms with Gasteiger partial charge in [0.25, 0.3) is 0 Å². The zero-order valence-corrected chi connectivity index (χ0v) is 10.6. The normalized spacial score (nSPS) is 20.0. The molecule has 0 atom stereocenters. The van der Waals surface area contributed by atoms with Crippen molar-refractivity contribution in [3.8, 4) is 0 Å². The summed E-state index contributed by atoms with van der Waals surface area (Å²) in [5.74, 6) is 1.33. The Hall–Kier alpha value is -0.660. The number of likely N-dealkylation sites (tertiary alicyclic amines) is 1. The zero-order chi connectivity index (χ0) is 11.1. The first kappa shape index (κ1) is 12.4. The van der Waals surface area contributed by atoms with Crippen LogP contribution in [0.1, 0.15) is 52.9 Å². The molecule has 2 nitrogen and oxygen atoms in total. The highest BCUT2D eigenvalue weighted by molar-refractivity contribution is 4.98. The average molecular weight is 210 g/mol. The summed E-state index contributed by atoms with van der Waals surface area (Å²) in [4.78, 5) is 2.51. The molecule has 1 aliphatic heterocycles. The molecule has 0 aromatic heterocycles. The van der Waals surface area contributed by atoms with Crippen LogP contribution in [-0.4, -0.2) is 24.0 Å². The monoisotopic (exact) mass is 210 g/mol. The van der Waals surface area contributed by atoms with E-state index in [1.54, 1.807) is 0 Å². The van der Waals surface area contributed by atoms with Crippen LogP contribution in [0.15, 0.2) is 11.9 Å². The van der Waals surface area contributed by atoms with E-state index in [0.29, 0.717) is 6.04 Å². The molecule has 1 fully saturated rings. The molecule has 0 saturated carbocycles. The topological polar surface area (TPSA) is 15.3 Å².